The van der Waals surface area contributed by atoms with Crippen LogP contribution in [0.1, 0.15) is 33.6 Å². The third-order valence-electron chi connectivity index (χ3n) is 3.08. The Hall–Kier alpha value is -1.72. The molecule has 0 aromatic rings. The third-order valence-corrected chi connectivity index (χ3v) is 3.08. The number of methoxy groups -OCH3 is 1. The van der Waals surface area contributed by atoms with Crippen molar-refractivity contribution < 1.29 is 23.8 Å². The number of likely N-dealkylation sites (tertiary alicyclic amines) is 1. The molecule has 0 N–H and O–H groups in total. The zero-order valence-electron chi connectivity index (χ0n) is 13.3. The molecule has 6 heteroatoms. The fourth-order valence-corrected chi connectivity index (χ4v) is 2.04. The number of hydrogen-bond donors (Lipinski definition) is 0. The van der Waals surface area contributed by atoms with Crippen LogP contribution in [0.5, 0.6) is 0 Å². The molecule has 1 saturated heterocycles. The van der Waals surface area contributed by atoms with Crippen molar-refractivity contribution in [2.75, 3.05) is 26.8 Å². The van der Waals surface area contributed by atoms with Crippen molar-refractivity contribution >= 4 is 12.1 Å². The van der Waals surface area contributed by atoms with E-state index in [1.54, 1.807) is 4.90 Å². The zero-order valence-corrected chi connectivity index (χ0v) is 13.3. The molecule has 120 valence electrons. The van der Waals surface area contributed by atoms with Crippen LogP contribution in [0.3, 0.4) is 0 Å². The highest BCUT2D eigenvalue weighted by atomic mass is 16.6. The molecule has 0 spiro atoms. The summed E-state index contributed by atoms with van der Waals surface area (Å²) in [6.45, 7) is 7.51. The summed E-state index contributed by atoms with van der Waals surface area (Å²) in [5, 5.41) is 0. The molecular formula is C15H25NO5. The van der Waals surface area contributed by atoms with Gasteiger partial charge < -0.3 is 19.1 Å². The van der Waals surface area contributed by atoms with Crippen LogP contribution < -0.4 is 0 Å². The van der Waals surface area contributed by atoms with Gasteiger partial charge in [0, 0.05) is 13.1 Å². The lowest BCUT2D eigenvalue weighted by Gasteiger charge is -2.24. The molecular weight excluding hydrogens is 274 g/mol. The van der Waals surface area contributed by atoms with Crippen molar-refractivity contribution in [3.8, 4) is 0 Å². The summed E-state index contributed by atoms with van der Waals surface area (Å²) in [6.07, 6.45) is 4.11. The van der Waals surface area contributed by atoms with E-state index in [0.717, 1.165) is 19.4 Å². The number of rotatable bonds is 5. The third kappa shape index (κ3) is 7.02. The normalized spacial score (nSPS) is 18.9. The average molecular weight is 299 g/mol. The molecule has 0 saturated carbocycles. The first-order chi connectivity index (χ1) is 9.81. The Morgan fingerprint density at radius 1 is 1.33 bits per heavy atom. The van der Waals surface area contributed by atoms with Crippen LogP contribution in [0.25, 0.3) is 0 Å². The Labute approximate surface area is 126 Å². The van der Waals surface area contributed by atoms with Crippen molar-refractivity contribution in [2.45, 2.75) is 39.2 Å². The minimum absolute atomic E-state index is 0.253. The van der Waals surface area contributed by atoms with Crippen molar-refractivity contribution in [3.63, 3.8) is 0 Å². The van der Waals surface area contributed by atoms with Gasteiger partial charge in [0.1, 0.15) is 5.60 Å². The summed E-state index contributed by atoms with van der Waals surface area (Å²) >= 11 is 0. The number of carbonyl (C=O) groups excluding carboxylic acids is 2. The second-order valence-electron chi connectivity index (χ2n) is 6.07. The summed E-state index contributed by atoms with van der Waals surface area (Å²) < 4.78 is 15.0. The van der Waals surface area contributed by atoms with E-state index in [2.05, 4.69) is 4.74 Å². The van der Waals surface area contributed by atoms with Crippen molar-refractivity contribution in [2.24, 2.45) is 5.92 Å². The van der Waals surface area contributed by atoms with E-state index in [1.807, 2.05) is 20.8 Å². The van der Waals surface area contributed by atoms with Gasteiger partial charge in [-0.1, -0.05) is 0 Å². The van der Waals surface area contributed by atoms with Gasteiger partial charge >= 0.3 is 12.1 Å². The van der Waals surface area contributed by atoms with Gasteiger partial charge in [-0.25, -0.2) is 9.59 Å². The van der Waals surface area contributed by atoms with Gasteiger partial charge in [-0.3, -0.25) is 0 Å². The van der Waals surface area contributed by atoms with Gasteiger partial charge in [-0.15, -0.1) is 0 Å². The van der Waals surface area contributed by atoms with Gasteiger partial charge in [0.2, 0.25) is 0 Å². The van der Waals surface area contributed by atoms with Crippen LogP contribution in [0.4, 0.5) is 4.79 Å². The van der Waals surface area contributed by atoms with Crippen LogP contribution in [0.15, 0.2) is 12.3 Å². The van der Waals surface area contributed by atoms with Crippen LogP contribution in [-0.2, 0) is 19.0 Å². The van der Waals surface area contributed by atoms with Crippen molar-refractivity contribution in [1.29, 1.82) is 0 Å². The number of nitrogens with zero attached hydrogens (tertiary/aromatic N) is 1. The van der Waals surface area contributed by atoms with Gasteiger partial charge in [0.15, 0.2) is 0 Å². The van der Waals surface area contributed by atoms with Crippen molar-refractivity contribution in [1.82, 2.24) is 4.90 Å². The molecule has 0 radical (unpaired) electrons. The lowest BCUT2D eigenvalue weighted by molar-refractivity contribution is -0.135. The number of hydrogen-bond acceptors (Lipinski definition) is 5. The molecule has 0 aromatic carbocycles. The molecule has 1 atom stereocenters. The van der Waals surface area contributed by atoms with Gasteiger partial charge in [0.05, 0.1) is 26.1 Å². The first-order valence-corrected chi connectivity index (χ1v) is 7.16. The lowest BCUT2D eigenvalue weighted by atomic mass is 10.1. The largest absolute Gasteiger partial charge is 0.501 e. The molecule has 21 heavy (non-hydrogen) atoms. The van der Waals surface area contributed by atoms with Crippen LogP contribution in [-0.4, -0.2) is 49.4 Å². The molecule has 0 unspecified atom stereocenters. The van der Waals surface area contributed by atoms with E-state index in [1.165, 1.54) is 19.4 Å². The summed E-state index contributed by atoms with van der Waals surface area (Å²) in [4.78, 5) is 24.5. The molecule has 0 aliphatic carbocycles. The second kappa shape index (κ2) is 7.90. The fourth-order valence-electron chi connectivity index (χ4n) is 2.04. The maximum atomic E-state index is 11.9. The van der Waals surface area contributed by atoms with E-state index in [4.69, 9.17) is 9.47 Å². The van der Waals surface area contributed by atoms with Crippen molar-refractivity contribution in [3.05, 3.63) is 12.3 Å². The molecule has 1 fully saturated rings. The van der Waals surface area contributed by atoms with E-state index in [-0.39, 0.29) is 6.09 Å². The van der Waals surface area contributed by atoms with E-state index in [9.17, 15) is 9.59 Å². The molecule has 1 aliphatic heterocycles. The standard InChI is InChI=1S/C15H25NO5/c1-15(2,3)21-14(18)16-8-5-12(11-16)6-9-20-10-7-13(17)19-4/h7,10,12H,5-6,8-9,11H2,1-4H3/t12-/m0/s1. The van der Waals surface area contributed by atoms with Gasteiger partial charge in [-0.05, 0) is 39.5 Å². The lowest BCUT2D eigenvalue weighted by Crippen LogP contribution is -2.35. The highest BCUT2D eigenvalue weighted by Gasteiger charge is 2.29. The van der Waals surface area contributed by atoms with E-state index < -0.39 is 11.6 Å². The predicted molar refractivity (Wildman–Crippen MR) is 77.6 cm³/mol. The summed E-state index contributed by atoms with van der Waals surface area (Å²) in [5.41, 5.74) is -0.461. The summed E-state index contributed by atoms with van der Waals surface area (Å²) in [5.74, 6) is -0.0315. The summed E-state index contributed by atoms with van der Waals surface area (Å²) in [6, 6.07) is 0. The van der Waals surface area contributed by atoms with Crippen LogP contribution in [0, 0.1) is 5.92 Å². The number of carbonyl (C=O) groups is 2. The molecule has 0 bridgehead atoms. The SMILES string of the molecule is COC(=O)C=COCC[C@@H]1CCN(C(=O)OC(C)(C)C)C1. The van der Waals surface area contributed by atoms with Gasteiger partial charge in [0.25, 0.3) is 0 Å². The Balaban J connectivity index is 2.21. The van der Waals surface area contributed by atoms with E-state index >= 15 is 0 Å². The molecule has 1 aliphatic rings. The van der Waals surface area contributed by atoms with Gasteiger partial charge in [-0.2, -0.15) is 0 Å². The molecule has 1 amide bonds. The molecule has 0 aromatic heterocycles. The highest BCUT2D eigenvalue weighted by Crippen LogP contribution is 2.21. The molecule has 1 heterocycles. The smallest absolute Gasteiger partial charge is 0.410 e. The minimum atomic E-state index is -0.461. The fraction of sp³-hybridized carbons (Fsp3) is 0.733. The Bertz CT molecular complexity index is 386. The first kappa shape index (κ1) is 17.3. The second-order valence-corrected chi connectivity index (χ2v) is 6.07. The topological polar surface area (TPSA) is 65.1 Å². The average Bonchev–Trinajstić information content (AvgIpc) is 2.85. The first-order valence-electron chi connectivity index (χ1n) is 7.16. The number of esters is 1. The molecule has 1 rings (SSSR count). The minimum Gasteiger partial charge on any atom is -0.501 e. The maximum Gasteiger partial charge on any atom is 0.410 e. The maximum absolute atomic E-state index is 11.9. The zero-order chi connectivity index (χ0) is 15.9. The quantitative estimate of drug-likeness (QED) is 0.337. The Morgan fingerprint density at radius 3 is 2.67 bits per heavy atom. The Kier molecular flexibility index (Phi) is 6.52. The van der Waals surface area contributed by atoms with Crippen LogP contribution >= 0.6 is 0 Å². The molecule has 6 nitrogen and oxygen atoms in total. The number of ether oxygens (including phenoxy) is 3. The monoisotopic (exact) mass is 299 g/mol. The summed E-state index contributed by atoms with van der Waals surface area (Å²) in [7, 11) is 1.32. The number of amides is 1. The predicted octanol–water partition coefficient (Wildman–Crippen LogP) is 2.34. The van der Waals surface area contributed by atoms with Crippen LogP contribution in [0.2, 0.25) is 0 Å². The highest BCUT2D eigenvalue weighted by molar-refractivity contribution is 5.81. The van der Waals surface area contributed by atoms with E-state index in [0.29, 0.717) is 19.1 Å². The Morgan fingerprint density at radius 2 is 2.05 bits per heavy atom.